The summed E-state index contributed by atoms with van der Waals surface area (Å²) >= 11 is 0. The molecule has 1 atom stereocenters. The molecular formula is C17H23N5O. The van der Waals surface area contributed by atoms with E-state index in [0.29, 0.717) is 13.2 Å². The van der Waals surface area contributed by atoms with Gasteiger partial charge in [-0.1, -0.05) is 24.3 Å². The molecule has 2 N–H and O–H groups in total. The van der Waals surface area contributed by atoms with Crippen molar-refractivity contribution in [1.29, 1.82) is 0 Å². The molecule has 2 heterocycles. The number of morpholine rings is 1. The van der Waals surface area contributed by atoms with Crippen molar-refractivity contribution in [2.24, 2.45) is 4.99 Å². The van der Waals surface area contributed by atoms with Crippen LogP contribution in [0.2, 0.25) is 0 Å². The lowest BCUT2D eigenvalue weighted by molar-refractivity contribution is -0.00834. The minimum atomic E-state index is 0.0793. The monoisotopic (exact) mass is 313 g/mol. The van der Waals surface area contributed by atoms with E-state index in [1.807, 2.05) is 13.1 Å². The average Bonchev–Trinajstić information content (AvgIpc) is 3.10. The normalized spacial score (nSPS) is 19.0. The Hall–Kier alpha value is -2.34. The average molecular weight is 313 g/mol. The van der Waals surface area contributed by atoms with Gasteiger partial charge >= 0.3 is 0 Å². The number of aryl methyl sites for hydroxylation is 1. The van der Waals surface area contributed by atoms with Crippen LogP contribution in [0.15, 0.2) is 41.5 Å². The molecule has 0 spiro atoms. The standard InChI is InChI=1S/C17H23N5O/c1-13-5-3-4-6-15(13)16-12-22(9-10-23-16)17(18-2)19-11-14-7-8-20-21-14/h3-8,16H,9-12H2,1-2H3,(H,18,19)(H,20,21). The molecule has 0 aliphatic carbocycles. The molecule has 23 heavy (non-hydrogen) atoms. The van der Waals surface area contributed by atoms with E-state index < -0.39 is 0 Å². The number of nitrogens with one attached hydrogen (secondary N) is 2. The van der Waals surface area contributed by atoms with Crippen molar-refractivity contribution in [3.8, 4) is 0 Å². The number of ether oxygens (including phenoxy) is 1. The Morgan fingerprint density at radius 3 is 3.04 bits per heavy atom. The van der Waals surface area contributed by atoms with Crippen LogP contribution in [0, 0.1) is 6.92 Å². The summed E-state index contributed by atoms with van der Waals surface area (Å²) in [7, 11) is 1.81. The first-order valence-electron chi connectivity index (χ1n) is 7.89. The predicted molar refractivity (Wildman–Crippen MR) is 90.2 cm³/mol. The molecule has 0 radical (unpaired) electrons. The third-order valence-corrected chi connectivity index (χ3v) is 4.11. The van der Waals surface area contributed by atoms with Gasteiger partial charge < -0.3 is 15.0 Å². The SMILES string of the molecule is CN=C(NCc1ccn[nH]1)N1CCOC(c2ccccc2C)C1. The largest absolute Gasteiger partial charge is 0.370 e. The number of guanidine groups is 1. The Labute approximate surface area is 136 Å². The topological polar surface area (TPSA) is 65.5 Å². The van der Waals surface area contributed by atoms with Gasteiger partial charge in [0.05, 0.1) is 25.4 Å². The number of aromatic amines is 1. The van der Waals surface area contributed by atoms with E-state index in [-0.39, 0.29) is 6.10 Å². The number of aliphatic imine (C=N–C) groups is 1. The molecule has 6 nitrogen and oxygen atoms in total. The maximum Gasteiger partial charge on any atom is 0.194 e. The maximum atomic E-state index is 5.98. The van der Waals surface area contributed by atoms with Crippen molar-refractivity contribution < 1.29 is 4.74 Å². The Bertz CT molecular complexity index is 653. The summed E-state index contributed by atoms with van der Waals surface area (Å²) in [4.78, 5) is 6.65. The van der Waals surface area contributed by atoms with Crippen LogP contribution in [0.4, 0.5) is 0 Å². The van der Waals surface area contributed by atoms with Crippen molar-refractivity contribution in [2.75, 3.05) is 26.7 Å². The van der Waals surface area contributed by atoms with Gasteiger partial charge in [-0.05, 0) is 24.1 Å². The molecule has 1 aliphatic rings. The Balaban J connectivity index is 1.66. The van der Waals surface area contributed by atoms with Crippen LogP contribution in [0.25, 0.3) is 0 Å². The van der Waals surface area contributed by atoms with Crippen molar-refractivity contribution in [3.05, 3.63) is 53.3 Å². The van der Waals surface area contributed by atoms with Gasteiger partial charge in [0.15, 0.2) is 5.96 Å². The zero-order valence-electron chi connectivity index (χ0n) is 13.6. The highest BCUT2D eigenvalue weighted by Crippen LogP contribution is 2.24. The Morgan fingerprint density at radius 1 is 1.43 bits per heavy atom. The highest BCUT2D eigenvalue weighted by molar-refractivity contribution is 5.80. The van der Waals surface area contributed by atoms with E-state index in [4.69, 9.17) is 4.74 Å². The first kappa shape index (κ1) is 15.6. The quantitative estimate of drug-likeness (QED) is 0.670. The number of rotatable bonds is 3. The van der Waals surface area contributed by atoms with E-state index in [9.17, 15) is 0 Å². The van der Waals surface area contributed by atoms with E-state index in [1.54, 1.807) is 6.20 Å². The van der Waals surface area contributed by atoms with Crippen molar-refractivity contribution in [1.82, 2.24) is 20.4 Å². The molecule has 0 amide bonds. The van der Waals surface area contributed by atoms with Crippen LogP contribution in [0.1, 0.15) is 22.9 Å². The first-order chi connectivity index (χ1) is 11.3. The Morgan fingerprint density at radius 2 is 2.30 bits per heavy atom. The molecule has 0 bridgehead atoms. The number of aromatic nitrogens is 2. The molecule has 1 aromatic heterocycles. The summed E-state index contributed by atoms with van der Waals surface area (Å²) in [6.07, 6.45) is 1.83. The summed E-state index contributed by atoms with van der Waals surface area (Å²) in [5, 5.41) is 10.3. The fourth-order valence-corrected chi connectivity index (χ4v) is 2.87. The number of hydrogen-bond acceptors (Lipinski definition) is 3. The fraction of sp³-hybridized carbons (Fsp3) is 0.412. The van der Waals surface area contributed by atoms with Crippen LogP contribution < -0.4 is 5.32 Å². The third-order valence-electron chi connectivity index (χ3n) is 4.11. The second-order valence-electron chi connectivity index (χ2n) is 5.64. The minimum Gasteiger partial charge on any atom is -0.370 e. The second-order valence-corrected chi connectivity index (χ2v) is 5.64. The van der Waals surface area contributed by atoms with Gasteiger partial charge in [0, 0.05) is 19.8 Å². The molecule has 1 aromatic carbocycles. The lowest BCUT2D eigenvalue weighted by Crippen LogP contribution is -2.48. The van der Waals surface area contributed by atoms with Gasteiger partial charge in [0.2, 0.25) is 0 Å². The molecule has 1 unspecified atom stereocenters. The number of H-pyrrole nitrogens is 1. The third kappa shape index (κ3) is 3.71. The van der Waals surface area contributed by atoms with Crippen molar-refractivity contribution >= 4 is 5.96 Å². The zero-order valence-corrected chi connectivity index (χ0v) is 13.6. The van der Waals surface area contributed by atoms with Crippen molar-refractivity contribution in [3.63, 3.8) is 0 Å². The number of hydrogen-bond donors (Lipinski definition) is 2. The summed E-state index contributed by atoms with van der Waals surface area (Å²) < 4.78 is 5.98. The van der Waals surface area contributed by atoms with Gasteiger partial charge in [-0.25, -0.2) is 0 Å². The summed E-state index contributed by atoms with van der Waals surface area (Å²) in [6.45, 7) is 5.14. The molecular weight excluding hydrogens is 290 g/mol. The molecule has 3 rings (SSSR count). The van der Waals surface area contributed by atoms with Gasteiger partial charge in [0.1, 0.15) is 6.10 Å². The lowest BCUT2D eigenvalue weighted by Gasteiger charge is -2.35. The first-order valence-corrected chi connectivity index (χ1v) is 7.89. The summed E-state index contributed by atoms with van der Waals surface area (Å²) in [6, 6.07) is 10.4. The van der Waals surface area contributed by atoms with Gasteiger partial charge in [-0.15, -0.1) is 0 Å². The van der Waals surface area contributed by atoms with Gasteiger partial charge in [0.25, 0.3) is 0 Å². The van der Waals surface area contributed by atoms with Crippen LogP contribution >= 0.6 is 0 Å². The molecule has 122 valence electrons. The zero-order chi connectivity index (χ0) is 16.1. The predicted octanol–water partition coefficient (Wildman–Crippen LogP) is 1.87. The number of benzene rings is 1. The summed E-state index contributed by atoms with van der Waals surface area (Å²) in [5.74, 6) is 0.890. The Kier molecular flexibility index (Phi) is 4.92. The highest BCUT2D eigenvalue weighted by atomic mass is 16.5. The number of nitrogens with zero attached hydrogens (tertiary/aromatic N) is 3. The highest BCUT2D eigenvalue weighted by Gasteiger charge is 2.25. The van der Waals surface area contributed by atoms with Crippen molar-refractivity contribution in [2.45, 2.75) is 19.6 Å². The van der Waals surface area contributed by atoms with Gasteiger partial charge in [-0.3, -0.25) is 10.1 Å². The molecule has 1 fully saturated rings. The van der Waals surface area contributed by atoms with Crippen LogP contribution in [-0.4, -0.2) is 47.8 Å². The molecule has 1 aliphatic heterocycles. The van der Waals surface area contributed by atoms with E-state index in [0.717, 1.165) is 24.7 Å². The molecule has 1 saturated heterocycles. The molecule has 6 heteroatoms. The molecule has 0 saturated carbocycles. The summed E-state index contributed by atoms with van der Waals surface area (Å²) in [5.41, 5.74) is 3.55. The van der Waals surface area contributed by atoms with Crippen LogP contribution in [0.3, 0.4) is 0 Å². The van der Waals surface area contributed by atoms with E-state index in [2.05, 4.69) is 56.6 Å². The van der Waals surface area contributed by atoms with Gasteiger partial charge in [-0.2, -0.15) is 5.10 Å². The molecule has 2 aromatic rings. The van der Waals surface area contributed by atoms with E-state index >= 15 is 0 Å². The second kappa shape index (κ2) is 7.28. The lowest BCUT2D eigenvalue weighted by atomic mass is 10.0. The fourth-order valence-electron chi connectivity index (χ4n) is 2.87. The maximum absolute atomic E-state index is 5.98. The van der Waals surface area contributed by atoms with Crippen LogP contribution in [-0.2, 0) is 11.3 Å². The minimum absolute atomic E-state index is 0.0793. The smallest absolute Gasteiger partial charge is 0.194 e. The van der Waals surface area contributed by atoms with Crippen LogP contribution in [0.5, 0.6) is 0 Å². The van der Waals surface area contributed by atoms with E-state index in [1.165, 1.54) is 11.1 Å².